The summed E-state index contributed by atoms with van der Waals surface area (Å²) >= 11 is 0. The molecule has 1 aliphatic rings. The molecule has 0 unspecified atom stereocenters. The molecule has 2 rings (SSSR count). The lowest BCUT2D eigenvalue weighted by Crippen LogP contribution is -2.50. The van der Waals surface area contributed by atoms with E-state index in [-0.39, 0.29) is 11.8 Å². The van der Waals surface area contributed by atoms with Crippen LogP contribution in [0.15, 0.2) is 30.3 Å². The summed E-state index contributed by atoms with van der Waals surface area (Å²) in [5.41, 5.74) is 0.725. The number of hydrogen-bond acceptors (Lipinski definition) is 2. The first-order chi connectivity index (χ1) is 11.2. The van der Waals surface area contributed by atoms with E-state index in [1.165, 1.54) is 19.3 Å². The van der Waals surface area contributed by atoms with Crippen LogP contribution in [0.25, 0.3) is 0 Å². The summed E-state index contributed by atoms with van der Waals surface area (Å²) in [5.74, 6) is 0.311. The van der Waals surface area contributed by atoms with E-state index in [1.54, 1.807) is 0 Å². The van der Waals surface area contributed by atoms with Crippen LogP contribution in [-0.4, -0.2) is 47.8 Å². The Bertz CT molecular complexity index is 493. The highest BCUT2D eigenvalue weighted by Crippen LogP contribution is 2.11. The van der Waals surface area contributed by atoms with Gasteiger partial charge in [-0.1, -0.05) is 50.8 Å². The first-order valence-corrected chi connectivity index (χ1v) is 8.84. The monoisotopic (exact) mass is 316 g/mol. The summed E-state index contributed by atoms with van der Waals surface area (Å²) < 4.78 is 0. The van der Waals surface area contributed by atoms with Gasteiger partial charge in [-0.15, -0.1) is 0 Å². The minimum atomic E-state index is 0.0669. The lowest BCUT2D eigenvalue weighted by molar-refractivity contribution is -0.132. The van der Waals surface area contributed by atoms with Crippen LogP contribution in [-0.2, 0) is 4.79 Å². The molecule has 0 saturated carbocycles. The van der Waals surface area contributed by atoms with E-state index in [9.17, 15) is 9.59 Å². The zero-order chi connectivity index (χ0) is 16.5. The molecule has 0 spiro atoms. The van der Waals surface area contributed by atoms with Crippen LogP contribution in [0.5, 0.6) is 0 Å². The number of hydrogen-bond donors (Lipinski definition) is 0. The molecule has 126 valence electrons. The highest BCUT2D eigenvalue weighted by Gasteiger charge is 2.24. The van der Waals surface area contributed by atoms with E-state index >= 15 is 0 Å². The maximum Gasteiger partial charge on any atom is 0.253 e. The Balaban J connectivity index is 1.71. The van der Waals surface area contributed by atoms with Crippen molar-refractivity contribution in [3.8, 4) is 0 Å². The molecular weight excluding hydrogens is 288 g/mol. The topological polar surface area (TPSA) is 40.6 Å². The number of amides is 2. The average molecular weight is 316 g/mol. The third kappa shape index (κ3) is 5.38. The van der Waals surface area contributed by atoms with Crippen LogP contribution in [0, 0.1) is 0 Å². The first-order valence-electron chi connectivity index (χ1n) is 8.84. The molecule has 1 heterocycles. The number of benzene rings is 1. The third-order valence-electron chi connectivity index (χ3n) is 4.43. The van der Waals surface area contributed by atoms with Crippen LogP contribution in [0.1, 0.15) is 55.8 Å². The molecule has 0 radical (unpaired) electrons. The Hall–Kier alpha value is -1.84. The molecule has 4 heteroatoms. The number of carbonyl (C=O) groups is 2. The van der Waals surface area contributed by atoms with Gasteiger partial charge in [-0.25, -0.2) is 0 Å². The fraction of sp³-hybridized carbons (Fsp3) is 0.579. The largest absolute Gasteiger partial charge is 0.339 e. The summed E-state index contributed by atoms with van der Waals surface area (Å²) in [6.07, 6.45) is 6.49. The Labute approximate surface area is 139 Å². The molecular formula is C19H28N2O2. The van der Waals surface area contributed by atoms with E-state index in [2.05, 4.69) is 6.92 Å². The second-order valence-corrected chi connectivity index (χ2v) is 6.20. The Morgan fingerprint density at radius 2 is 1.48 bits per heavy atom. The van der Waals surface area contributed by atoms with Gasteiger partial charge in [0, 0.05) is 38.2 Å². The van der Waals surface area contributed by atoms with Crippen LogP contribution < -0.4 is 0 Å². The van der Waals surface area contributed by atoms with Gasteiger partial charge in [0.1, 0.15) is 0 Å². The third-order valence-corrected chi connectivity index (χ3v) is 4.43. The highest BCUT2D eigenvalue weighted by molar-refractivity contribution is 5.94. The van der Waals surface area contributed by atoms with Crippen LogP contribution >= 0.6 is 0 Å². The quantitative estimate of drug-likeness (QED) is 0.724. The van der Waals surface area contributed by atoms with Crippen molar-refractivity contribution < 1.29 is 9.59 Å². The smallest absolute Gasteiger partial charge is 0.253 e. The van der Waals surface area contributed by atoms with Gasteiger partial charge in [-0.3, -0.25) is 9.59 Å². The molecule has 0 aliphatic carbocycles. The van der Waals surface area contributed by atoms with E-state index in [4.69, 9.17) is 0 Å². The predicted molar refractivity (Wildman–Crippen MR) is 92.3 cm³/mol. The maximum absolute atomic E-state index is 12.4. The lowest BCUT2D eigenvalue weighted by Gasteiger charge is -2.35. The number of carbonyl (C=O) groups excluding carboxylic acids is 2. The molecule has 0 bridgehead atoms. The Morgan fingerprint density at radius 3 is 2.13 bits per heavy atom. The van der Waals surface area contributed by atoms with Crippen molar-refractivity contribution in [3.05, 3.63) is 35.9 Å². The van der Waals surface area contributed by atoms with Crippen molar-refractivity contribution in [2.45, 2.75) is 45.4 Å². The Morgan fingerprint density at radius 1 is 0.870 bits per heavy atom. The van der Waals surface area contributed by atoms with Crippen LogP contribution in [0.4, 0.5) is 0 Å². The zero-order valence-corrected chi connectivity index (χ0v) is 14.2. The van der Waals surface area contributed by atoms with Gasteiger partial charge in [-0.2, -0.15) is 0 Å². The number of nitrogens with zero attached hydrogens (tertiary/aromatic N) is 2. The predicted octanol–water partition coefficient (Wildman–Crippen LogP) is 3.33. The molecule has 0 atom stereocenters. The molecule has 23 heavy (non-hydrogen) atoms. The van der Waals surface area contributed by atoms with E-state index in [0.29, 0.717) is 32.6 Å². The van der Waals surface area contributed by atoms with Gasteiger partial charge in [0.2, 0.25) is 5.91 Å². The molecule has 0 aromatic heterocycles. The number of piperazine rings is 1. The molecule has 2 amide bonds. The van der Waals surface area contributed by atoms with Gasteiger partial charge < -0.3 is 9.80 Å². The molecule has 0 N–H and O–H groups in total. The first kappa shape index (κ1) is 17.5. The van der Waals surface area contributed by atoms with Gasteiger partial charge in [0.15, 0.2) is 0 Å². The normalized spacial score (nSPS) is 14.8. The molecule has 4 nitrogen and oxygen atoms in total. The second kappa shape index (κ2) is 9.33. The van der Waals surface area contributed by atoms with Crippen molar-refractivity contribution >= 4 is 11.8 Å². The fourth-order valence-electron chi connectivity index (χ4n) is 2.96. The van der Waals surface area contributed by atoms with Gasteiger partial charge in [0.05, 0.1) is 0 Å². The standard InChI is InChI=1S/C19H28N2O2/c1-2-3-4-5-9-12-18(22)20-13-15-21(16-14-20)19(23)17-10-7-6-8-11-17/h6-8,10-11H,2-5,9,12-16H2,1H3. The average Bonchev–Trinajstić information content (AvgIpc) is 2.61. The number of unbranched alkanes of at least 4 members (excludes halogenated alkanes) is 4. The van der Waals surface area contributed by atoms with E-state index in [1.807, 2.05) is 40.1 Å². The molecule has 1 aromatic carbocycles. The van der Waals surface area contributed by atoms with Crippen molar-refractivity contribution in [3.63, 3.8) is 0 Å². The summed E-state index contributed by atoms with van der Waals surface area (Å²) in [6, 6.07) is 9.36. The molecule has 1 aromatic rings. The van der Waals surface area contributed by atoms with Gasteiger partial charge >= 0.3 is 0 Å². The van der Waals surface area contributed by atoms with Crippen molar-refractivity contribution in [2.75, 3.05) is 26.2 Å². The molecule has 1 fully saturated rings. The summed E-state index contributed by atoms with van der Waals surface area (Å²) in [7, 11) is 0. The Kier molecular flexibility index (Phi) is 7.11. The SMILES string of the molecule is CCCCCCCC(=O)N1CCN(C(=O)c2ccccc2)CC1. The minimum Gasteiger partial charge on any atom is -0.339 e. The van der Waals surface area contributed by atoms with Gasteiger partial charge in [-0.05, 0) is 18.6 Å². The van der Waals surface area contributed by atoms with Crippen LogP contribution in [0.3, 0.4) is 0 Å². The van der Waals surface area contributed by atoms with Crippen molar-refractivity contribution in [1.29, 1.82) is 0 Å². The van der Waals surface area contributed by atoms with E-state index < -0.39 is 0 Å². The molecule has 1 aliphatic heterocycles. The van der Waals surface area contributed by atoms with Crippen LogP contribution in [0.2, 0.25) is 0 Å². The lowest BCUT2D eigenvalue weighted by atomic mass is 10.1. The zero-order valence-electron chi connectivity index (χ0n) is 14.2. The molecule has 1 saturated heterocycles. The van der Waals surface area contributed by atoms with Gasteiger partial charge in [0.25, 0.3) is 5.91 Å². The van der Waals surface area contributed by atoms with Crippen molar-refractivity contribution in [1.82, 2.24) is 9.80 Å². The minimum absolute atomic E-state index is 0.0669. The number of rotatable bonds is 7. The summed E-state index contributed by atoms with van der Waals surface area (Å²) in [5, 5.41) is 0. The second-order valence-electron chi connectivity index (χ2n) is 6.20. The summed E-state index contributed by atoms with van der Waals surface area (Å²) in [6.45, 7) is 4.78. The maximum atomic E-state index is 12.4. The van der Waals surface area contributed by atoms with Crippen molar-refractivity contribution in [2.24, 2.45) is 0 Å². The highest BCUT2D eigenvalue weighted by atomic mass is 16.2. The van der Waals surface area contributed by atoms with E-state index in [0.717, 1.165) is 18.4 Å². The fourth-order valence-corrected chi connectivity index (χ4v) is 2.96. The summed E-state index contributed by atoms with van der Waals surface area (Å²) in [4.78, 5) is 28.3.